The number of aromatic nitrogens is 2. The van der Waals surface area contributed by atoms with Gasteiger partial charge in [-0.25, -0.2) is 19.2 Å². The molecule has 0 saturated carbocycles. The van der Waals surface area contributed by atoms with Crippen molar-refractivity contribution in [2.24, 2.45) is 0 Å². The van der Waals surface area contributed by atoms with Crippen molar-refractivity contribution in [3.8, 4) is 0 Å². The first-order valence-electron chi connectivity index (χ1n) is 13.4. The summed E-state index contributed by atoms with van der Waals surface area (Å²) in [5.41, 5.74) is -2.45. The van der Waals surface area contributed by atoms with Crippen LogP contribution in [0, 0.1) is 6.92 Å². The number of esters is 3. The molecule has 43 heavy (non-hydrogen) atoms. The van der Waals surface area contributed by atoms with Crippen LogP contribution in [0.2, 0.25) is 0 Å². The standard InChI is InChI=1S/C32H28N2O9/c1-20-18-34(31(39)33-26(20)35)30-32(2,43-29(38)23-16-10-5-11-17-23)25(42-28(37)22-14-8-4-9-15-22)24(41-30)19-40-27(36)21-12-6-3-7-13-21/h3-18,24-25,30H,19H2,1-2H3,(H,33,35,39)/t24-,25-,30-,32-/m1/s1. The van der Waals surface area contributed by atoms with Gasteiger partial charge >= 0.3 is 23.6 Å². The molecular formula is C32H28N2O9. The number of H-pyrrole nitrogens is 1. The van der Waals surface area contributed by atoms with E-state index in [0.29, 0.717) is 0 Å². The first kappa shape index (κ1) is 29.2. The summed E-state index contributed by atoms with van der Waals surface area (Å²) in [6.45, 7) is 2.52. The molecule has 1 fully saturated rings. The molecule has 3 aromatic carbocycles. The minimum absolute atomic E-state index is 0.178. The van der Waals surface area contributed by atoms with Crippen molar-refractivity contribution in [3.05, 3.63) is 140 Å². The summed E-state index contributed by atoms with van der Waals surface area (Å²) in [4.78, 5) is 66.9. The van der Waals surface area contributed by atoms with Gasteiger partial charge in [0.05, 0.1) is 16.7 Å². The summed E-state index contributed by atoms with van der Waals surface area (Å²) in [7, 11) is 0. The normalized spacial score (nSPS) is 21.1. The van der Waals surface area contributed by atoms with Gasteiger partial charge in [0.1, 0.15) is 12.7 Å². The summed E-state index contributed by atoms with van der Waals surface area (Å²) in [5, 5.41) is 0. The van der Waals surface area contributed by atoms with E-state index >= 15 is 0 Å². The van der Waals surface area contributed by atoms with Crippen molar-refractivity contribution < 1.29 is 33.3 Å². The van der Waals surface area contributed by atoms with Crippen molar-refractivity contribution in [2.45, 2.75) is 37.9 Å². The molecule has 0 aliphatic carbocycles. The second-order valence-electron chi connectivity index (χ2n) is 10.1. The highest BCUT2D eigenvalue weighted by Crippen LogP contribution is 2.43. The summed E-state index contributed by atoms with van der Waals surface area (Å²) >= 11 is 0. The fourth-order valence-electron chi connectivity index (χ4n) is 4.82. The van der Waals surface area contributed by atoms with Gasteiger partial charge in [-0.3, -0.25) is 14.3 Å². The van der Waals surface area contributed by atoms with Gasteiger partial charge in [0.25, 0.3) is 5.56 Å². The van der Waals surface area contributed by atoms with Crippen molar-refractivity contribution in [1.82, 2.24) is 9.55 Å². The fraction of sp³-hybridized carbons (Fsp3) is 0.219. The van der Waals surface area contributed by atoms with E-state index in [1.54, 1.807) is 78.9 Å². The molecule has 4 atom stereocenters. The number of carbonyl (C=O) groups is 3. The molecule has 11 nitrogen and oxygen atoms in total. The van der Waals surface area contributed by atoms with Gasteiger partial charge in [0, 0.05) is 11.8 Å². The van der Waals surface area contributed by atoms with Gasteiger partial charge in [-0.1, -0.05) is 54.6 Å². The first-order chi connectivity index (χ1) is 20.7. The molecule has 1 saturated heterocycles. The minimum atomic E-state index is -1.85. The number of carbonyl (C=O) groups excluding carboxylic acids is 3. The monoisotopic (exact) mass is 584 g/mol. The molecule has 2 heterocycles. The quantitative estimate of drug-likeness (QED) is 0.243. The van der Waals surface area contributed by atoms with E-state index in [0.717, 1.165) is 4.57 Å². The smallest absolute Gasteiger partial charge is 0.338 e. The molecule has 5 rings (SSSR count). The first-order valence-corrected chi connectivity index (χ1v) is 13.4. The number of ether oxygens (including phenoxy) is 4. The minimum Gasteiger partial charge on any atom is -0.459 e. The SMILES string of the molecule is Cc1cn([C@@H]2O[C@H](COC(=O)c3ccccc3)[C@@H](OC(=O)c3ccccc3)[C@@]2(C)OC(=O)c2ccccc2)c(=O)[nH]c1=O. The lowest BCUT2D eigenvalue weighted by atomic mass is 9.95. The Hall–Kier alpha value is -5.29. The second-order valence-corrected chi connectivity index (χ2v) is 10.1. The maximum Gasteiger partial charge on any atom is 0.338 e. The van der Waals surface area contributed by atoms with Crippen LogP contribution in [0.1, 0.15) is 49.8 Å². The molecule has 4 aromatic rings. The van der Waals surface area contributed by atoms with E-state index in [4.69, 9.17) is 18.9 Å². The van der Waals surface area contributed by atoms with Crippen LogP contribution >= 0.6 is 0 Å². The number of aryl methyl sites for hydroxylation is 1. The van der Waals surface area contributed by atoms with Gasteiger partial charge < -0.3 is 18.9 Å². The van der Waals surface area contributed by atoms with Crippen LogP contribution in [0.4, 0.5) is 0 Å². The zero-order valence-electron chi connectivity index (χ0n) is 23.3. The molecule has 1 aliphatic rings. The van der Waals surface area contributed by atoms with Crippen LogP contribution in [0.25, 0.3) is 0 Å². The van der Waals surface area contributed by atoms with Crippen molar-refractivity contribution >= 4 is 17.9 Å². The Morgan fingerprint density at radius 1 is 0.814 bits per heavy atom. The summed E-state index contributed by atoms with van der Waals surface area (Å²) in [6.07, 6.45) is -2.72. The fourth-order valence-corrected chi connectivity index (χ4v) is 4.82. The molecule has 1 aliphatic heterocycles. The van der Waals surface area contributed by atoms with E-state index in [9.17, 15) is 24.0 Å². The van der Waals surface area contributed by atoms with Gasteiger partial charge in [0.2, 0.25) is 0 Å². The Labute approximate surface area is 245 Å². The van der Waals surface area contributed by atoms with Crippen molar-refractivity contribution in [1.29, 1.82) is 0 Å². The molecule has 0 bridgehead atoms. The predicted octanol–water partition coefficient (Wildman–Crippen LogP) is 3.44. The predicted molar refractivity (Wildman–Crippen MR) is 153 cm³/mol. The van der Waals surface area contributed by atoms with E-state index in [1.165, 1.54) is 32.2 Å². The third-order valence-corrected chi connectivity index (χ3v) is 7.05. The van der Waals surface area contributed by atoms with Gasteiger partial charge in [-0.2, -0.15) is 0 Å². The molecule has 0 unspecified atom stereocenters. The number of nitrogens with zero attached hydrogens (tertiary/aromatic N) is 1. The number of hydrogen-bond donors (Lipinski definition) is 1. The summed E-state index contributed by atoms with van der Waals surface area (Å²) in [6, 6.07) is 24.5. The van der Waals surface area contributed by atoms with Crippen molar-refractivity contribution in [3.63, 3.8) is 0 Å². The van der Waals surface area contributed by atoms with Crippen LogP contribution < -0.4 is 11.2 Å². The highest BCUT2D eigenvalue weighted by Gasteiger charge is 2.60. The zero-order valence-corrected chi connectivity index (χ0v) is 23.3. The number of benzene rings is 3. The topological polar surface area (TPSA) is 143 Å². The van der Waals surface area contributed by atoms with Gasteiger partial charge in [-0.05, 0) is 50.2 Å². The molecule has 11 heteroatoms. The third kappa shape index (κ3) is 6.16. The molecule has 0 amide bonds. The number of rotatable bonds is 8. The Morgan fingerprint density at radius 3 is 1.88 bits per heavy atom. The highest BCUT2D eigenvalue weighted by atomic mass is 16.7. The summed E-state index contributed by atoms with van der Waals surface area (Å²) < 4.78 is 24.7. The lowest BCUT2D eigenvalue weighted by Crippen LogP contribution is -2.52. The average molecular weight is 585 g/mol. The zero-order chi connectivity index (χ0) is 30.6. The Balaban J connectivity index is 1.57. The number of nitrogens with one attached hydrogen (secondary N) is 1. The maximum absolute atomic E-state index is 13.4. The van der Waals surface area contributed by atoms with E-state index < -0.39 is 59.8 Å². The molecule has 1 aromatic heterocycles. The molecule has 220 valence electrons. The molecule has 0 radical (unpaired) electrons. The molecule has 0 spiro atoms. The highest BCUT2D eigenvalue weighted by molar-refractivity contribution is 5.91. The van der Waals surface area contributed by atoms with Crippen LogP contribution in [0.5, 0.6) is 0 Å². The van der Waals surface area contributed by atoms with Crippen LogP contribution in [-0.4, -0.2) is 51.9 Å². The van der Waals surface area contributed by atoms with Crippen molar-refractivity contribution in [2.75, 3.05) is 6.61 Å². The van der Waals surface area contributed by atoms with Crippen LogP contribution in [0.3, 0.4) is 0 Å². The Bertz CT molecular complexity index is 1740. The lowest BCUT2D eigenvalue weighted by molar-refractivity contribution is -0.111. The van der Waals surface area contributed by atoms with E-state index in [1.807, 2.05) is 0 Å². The largest absolute Gasteiger partial charge is 0.459 e. The van der Waals surface area contributed by atoms with Gasteiger partial charge in [-0.15, -0.1) is 0 Å². The summed E-state index contributed by atoms with van der Waals surface area (Å²) in [5.74, 6) is -2.21. The third-order valence-electron chi connectivity index (χ3n) is 7.05. The van der Waals surface area contributed by atoms with E-state index in [-0.39, 0.29) is 22.3 Å². The molecular weight excluding hydrogens is 556 g/mol. The Kier molecular flexibility index (Phi) is 8.35. The second kappa shape index (κ2) is 12.3. The van der Waals surface area contributed by atoms with Gasteiger partial charge in [0.15, 0.2) is 17.9 Å². The van der Waals surface area contributed by atoms with Crippen LogP contribution in [0.15, 0.2) is 107 Å². The maximum atomic E-state index is 13.4. The number of hydrogen-bond acceptors (Lipinski definition) is 9. The Morgan fingerprint density at radius 2 is 1.33 bits per heavy atom. The average Bonchev–Trinajstić information content (AvgIpc) is 3.28. The van der Waals surface area contributed by atoms with Crippen LogP contribution in [-0.2, 0) is 18.9 Å². The number of aromatic amines is 1. The molecule has 1 N–H and O–H groups in total. The lowest BCUT2D eigenvalue weighted by Gasteiger charge is -2.34. The van der Waals surface area contributed by atoms with E-state index in [2.05, 4.69) is 4.98 Å².